The van der Waals surface area contributed by atoms with Crippen molar-refractivity contribution < 1.29 is 4.74 Å². The second kappa shape index (κ2) is 13.7. The zero-order valence-electron chi connectivity index (χ0n) is 21.3. The highest BCUT2D eigenvalue weighted by Crippen LogP contribution is 2.15. The molecule has 0 amide bonds. The summed E-state index contributed by atoms with van der Waals surface area (Å²) in [7, 11) is -2.38. The van der Waals surface area contributed by atoms with Crippen molar-refractivity contribution in [3.05, 3.63) is 68.6 Å². The zero-order chi connectivity index (χ0) is 24.5. The van der Waals surface area contributed by atoms with E-state index in [1.165, 1.54) is 23.5 Å². The zero-order valence-corrected chi connectivity index (χ0v) is 26.5. The van der Waals surface area contributed by atoms with Crippen LogP contribution in [0.1, 0.15) is 11.1 Å². The van der Waals surface area contributed by atoms with Gasteiger partial charge in [0.2, 0.25) is 0 Å². The molecule has 0 aliphatic heterocycles. The van der Waals surface area contributed by atoms with E-state index in [9.17, 15) is 0 Å². The van der Waals surface area contributed by atoms with Crippen molar-refractivity contribution in [3.63, 3.8) is 0 Å². The van der Waals surface area contributed by atoms with E-state index in [0.29, 0.717) is 0 Å². The highest BCUT2D eigenvalue weighted by Gasteiger charge is 2.20. The minimum absolute atomic E-state index is 0.792. The van der Waals surface area contributed by atoms with Crippen LogP contribution in [0.4, 0.5) is 0 Å². The van der Waals surface area contributed by atoms with Crippen LogP contribution in [0.15, 0.2) is 57.5 Å². The number of nitrogens with zero attached hydrogens (tertiary/aromatic N) is 2. The SMILES string of the molecule is C[Si](C)(C)CN(CCOCCN(Cc1ccc(Br)cc1)C[Si](C)(C)C)Cc1ccc(Br)cc1. The van der Waals surface area contributed by atoms with Gasteiger partial charge < -0.3 is 4.74 Å². The summed E-state index contributed by atoms with van der Waals surface area (Å²) < 4.78 is 8.44. The van der Waals surface area contributed by atoms with Crippen molar-refractivity contribution in [2.75, 3.05) is 38.6 Å². The fourth-order valence-electron chi connectivity index (χ4n) is 3.96. The van der Waals surface area contributed by atoms with Gasteiger partial charge in [-0.3, -0.25) is 9.80 Å². The van der Waals surface area contributed by atoms with Gasteiger partial charge in [-0.15, -0.1) is 0 Å². The third-order valence-corrected chi connectivity index (χ3v) is 8.99. The first-order valence-corrected chi connectivity index (χ1v) is 20.9. The summed E-state index contributed by atoms with van der Waals surface area (Å²) in [6.45, 7) is 20.2. The summed E-state index contributed by atoms with van der Waals surface area (Å²) in [6.07, 6.45) is 2.38. The van der Waals surface area contributed by atoms with Crippen LogP contribution in [-0.4, -0.2) is 64.6 Å². The molecule has 0 aliphatic rings. The number of ether oxygens (including phenoxy) is 1. The molecule has 0 aliphatic carbocycles. The van der Waals surface area contributed by atoms with Crippen LogP contribution in [0, 0.1) is 0 Å². The van der Waals surface area contributed by atoms with E-state index >= 15 is 0 Å². The Labute approximate surface area is 221 Å². The number of rotatable bonds is 14. The van der Waals surface area contributed by atoms with Gasteiger partial charge in [-0.25, -0.2) is 0 Å². The summed E-state index contributed by atoms with van der Waals surface area (Å²) in [4.78, 5) is 5.16. The molecule has 0 saturated heterocycles. The van der Waals surface area contributed by atoms with E-state index in [1.807, 2.05) is 0 Å². The lowest BCUT2D eigenvalue weighted by Crippen LogP contribution is -2.42. The number of hydrogen-bond donors (Lipinski definition) is 0. The Morgan fingerprint density at radius 2 is 0.939 bits per heavy atom. The molecule has 184 valence electrons. The highest BCUT2D eigenvalue weighted by atomic mass is 79.9. The molecular weight excluding hydrogens is 572 g/mol. The van der Waals surface area contributed by atoms with Crippen LogP contribution in [-0.2, 0) is 17.8 Å². The van der Waals surface area contributed by atoms with Gasteiger partial charge >= 0.3 is 0 Å². The molecule has 7 heteroatoms. The molecule has 0 N–H and O–H groups in total. The largest absolute Gasteiger partial charge is 0.379 e. The molecule has 0 spiro atoms. The van der Waals surface area contributed by atoms with Crippen molar-refractivity contribution in [2.24, 2.45) is 0 Å². The van der Waals surface area contributed by atoms with Gasteiger partial charge in [0.05, 0.1) is 29.4 Å². The second-order valence-corrected chi connectivity index (χ2v) is 24.1. The number of benzene rings is 2. The summed E-state index contributed by atoms with van der Waals surface area (Å²) in [5.74, 6) is 0. The average Bonchev–Trinajstić information content (AvgIpc) is 2.68. The van der Waals surface area contributed by atoms with Gasteiger partial charge in [0.15, 0.2) is 0 Å². The lowest BCUT2D eigenvalue weighted by molar-refractivity contribution is 0.0870. The maximum Gasteiger partial charge on any atom is 0.0599 e. The van der Waals surface area contributed by atoms with E-state index in [0.717, 1.165) is 48.3 Å². The third kappa shape index (κ3) is 13.4. The van der Waals surface area contributed by atoms with Crippen LogP contribution in [0.3, 0.4) is 0 Å². The quantitative estimate of drug-likeness (QED) is 0.164. The van der Waals surface area contributed by atoms with Gasteiger partial charge in [-0.2, -0.15) is 0 Å². The van der Waals surface area contributed by atoms with Crippen molar-refractivity contribution in [1.29, 1.82) is 0 Å². The molecule has 0 atom stereocenters. The highest BCUT2D eigenvalue weighted by molar-refractivity contribution is 9.10. The van der Waals surface area contributed by atoms with Gasteiger partial charge in [-0.05, 0) is 47.7 Å². The van der Waals surface area contributed by atoms with Gasteiger partial charge in [0.1, 0.15) is 0 Å². The van der Waals surface area contributed by atoms with E-state index in [4.69, 9.17) is 4.74 Å². The van der Waals surface area contributed by atoms with E-state index in [1.54, 1.807) is 0 Å². The molecule has 0 bridgehead atoms. The van der Waals surface area contributed by atoms with Crippen molar-refractivity contribution in [3.8, 4) is 0 Å². The molecule has 2 rings (SSSR count). The summed E-state index contributed by atoms with van der Waals surface area (Å²) >= 11 is 7.09. The topological polar surface area (TPSA) is 15.7 Å². The molecule has 0 aromatic heterocycles. The first-order valence-electron chi connectivity index (χ1n) is 11.9. The number of halogens is 2. The average molecular weight is 615 g/mol. The van der Waals surface area contributed by atoms with Crippen LogP contribution in [0.25, 0.3) is 0 Å². The minimum Gasteiger partial charge on any atom is -0.379 e. The van der Waals surface area contributed by atoms with Crippen molar-refractivity contribution in [1.82, 2.24) is 9.80 Å². The predicted molar refractivity (Wildman–Crippen MR) is 156 cm³/mol. The fourth-order valence-corrected chi connectivity index (χ4v) is 7.71. The monoisotopic (exact) mass is 612 g/mol. The van der Waals surface area contributed by atoms with E-state index in [2.05, 4.69) is 129 Å². The molecule has 0 fully saturated rings. The van der Waals surface area contributed by atoms with Crippen molar-refractivity contribution in [2.45, 2.75) is 52.4 Å². The molecule has 0 saturated carbocycles. The maximum absolute atomic E-state index is 6.17. The predicted octanol–water partition coefficient (Wildman–Crippen LogP) is 7.29. The Hall–Kier alpha value is -0.286. The molecule has 0 heterocycles. The van der Waals surface area contributed by atoms with Crippen LogP contribution < -0.4 is 0 Å². The summed E-state index contributed by atoms with van der Waals surface area (Å²) in [6, 6.07) is 17.4. The lowest BCUT2D eigenvalue weighted by atomic mass is 10.2. The Morgan fingerprint density at radius 1 is 0.606 bits per heavy atom. The van der Waals surface area contributed by atoms with Crippen LogP contribution >= 0.6 is 31.9 Å². The lowest BCUT2D eigenvalue weighted by Gasteiger charge is -2.30. The molecule has 0 unspecified atom stereocenters. The normalized spacial score (nSPS) is 12.7. The Bertz CT molecular complexity index is 749. The van der Waals surface area contributed by atoms with Crippen molar-refractivity contribution >= 4 is 48.0 Å². The standard InChI is InChI=1S/C26H42Br2N2OSi2/c1-32(2,3)21-29(19-23-7-11-25(27)12-8-23)15-17-31-18-16-30(22-33(4,5)6)20-24-9-13-26(28)14-10-24/h7-14H,15-22H2,1-6H3. The fraction of sp³-hybridized carbons (Fsp3) is 0.538. The Balaban J connectivity index is 1.85. The molecule has 33 heavy (non-hydrogen) atoms. The van der Waals surface area contributed by atoms with Gasteiger partial charge in [0.25, 0.3) is 0 Å². The van der Waals surface area contributed by atoms with E-state index < -0.39 is 16.1 Å². The molecule has 3 nitrogen and oxygen atoms in total. The smallest absolute Gasteiger partial charge is 0.0599 e. The van der Waals surface area contributed by atoms with Gasteiger partial charge in [-0.1, -0.05) is 95.4 Å². The summed E-state index contributed by atoms with van der Waals surface area (Å²) in [5.41, 5.74) is 2.74. The molecular formula is C26H42Br2N2OSi2. The summed E-state index contributed by atoms with van der Waals surface area (Å²) in [5, 5.41) is 0. The molecule has 0 radical (unpaired) electrons. The molecule has 2 aromatic carbocycles. The second-order valence-electron chi connectivity index (χ2n) is 11.4. The van der Waals surface area contributed by atoms with E-state index in [-0.39, 0.29) is 0 Å². The van der Waals surface area contributed by atoms with Gasteiger partial charge in [0, 0.05) is 35.1 Å². The van der Waals surface area contributed by atoms with Crippen LogP contribution in [0.2, 0.25) is 39.3 Å². The minimum atomic E-state index is -1.19. The molecule has 2 aromatic rings. The van der Waals surface area contributed by atoms with Crippen LogP contribution in [0.5, 0.6) is 0 Å². The Morgan fingerprint density at radius 3 is 1.24 bits per heavy atom. The Kier molecular flexibility index (Phi) is 12.0. The third-order valence-electron chi connectivity index (χ3n) is 5.14. The first kappa shape index (κ1) is 28.9. The maximum atomic E-state index is 6.17. The first-order chi connectivity index (χ1) is 15.4. The number of hydrogen-bond acceptors (Lipinski definition) is 3.